The first kappa shape index (κ1) is 20.7. The number of carbonyl (C=O) groups is 2. The summed E-state index contributed by atoms with van der Waals surface area (Å²) in [5, 5.41) is 4.19. The number of Topliss-reactive ketones (excluding diaryl/α,β-unsaturated/α-hetero) is 1. The average Bonchev–Trinajstić information content (AvgIpc) is 2.72. The zero-order valence-electron chi connectivity index (χ0n) is 16.5. The van der Waals surface area contributed by atoms with Crippen molar-refractivity contribution in [3.63, 3.8) is 0 Å². The van der Waals surface area contributed by atoms with Crippen molar-refractivity contribution < 1.29 is 14.3 Å². The topological polar surface area (TPSA) is 55.4 Å². The van der Waals surface area contributed by atoms with Crippen molar-refractivity contribution in [1.29, 1.82) is 0 Å². The lowest BCUT2D eigenvalue weighted by atomic mass is 9.75. The number of esters is 1. The van der Waals surface area contributed by atoms with Crippen LogP contribution in [0.5, 0.6) is 0 Å². The van der Waals surface area contributed by atoms with Gasteiger partial charge in [0.1, 0.15) is 6.61 Å². The Morgan fingerprint density at radius 1 is 1.13 bits per heavy atom. The van der Waals surface area contributed by atoms with Crippen LogP contribution >= 0.6 is 23.2 Å². The lowest BCUT2D eigenvalue weighted by Crippen LogP contribution is -2.34. The third-order valence-corrected chi connectivity index (χ3v) is 6.04. The molecule has 0 aromatic heterocycles. The Balaban J connectivity index is 1.74. The number of ketones is 1. The van der Waals surface area contributed by atoms with Crippen LogP contribution in [-0.2, 0) is 20.9 Å². The lowest BCUT2D eigenvalue weighted by molar-refractivity contribution is -0.140. The van der Waals surface area contributed by atoms with E-state index in [4.69, 9.17) is 27.9 Å². The number of nitrogens with one attached hydrogen (secondary N) is 1. The molecule has 30 heavy (non-hydrogen) atoms. The molecule has 0 spiro atoms. The average molecular weight is 442 g/mol. The van der Waals surface area contributed by atoms with Crippen LogP contribution in [0.15, 0.2) is 71.1 Å². The van der Waals surface area contributed by atoms with E-state index in [1.807, 2.05) is 37.3 Å². The van der Waals surface area contributed by atoms with Crippen LogP contribution in [0, 0.1) is 0 Å². The number of dihydropyridines is 1. The SMILES string of the molecule is CC1=C(C(=O)OCc2ccccc2)[C@@H](c2ccc(Cl)cc2Cl)C2=C(CCCC2=O)N1. The molecule has 2 aromatic carbocycles. The molecule has 0 unspecified atom stereocenters. The Hall–Kier alpha value is -2.56. The summed E-state index contributed by atoms with van der Waals surface area (Å²) < 4.78 is 5.63. The highest BCUT2D eigenvalue weighted by molar-refractivity contribution is 6.35. The molecular formula is C24H21Cl2NO3. The Morgan fingerprint density at radius 3 is 2.63 bits per heavy atom. The number of carbonyl (C=O) groups excluding carboxylic acids is 2. The molecule has 0 saturated carbocycles. The van der Waals surface area contributed by atoms with Crippen molar-refractivity contribution in [3.05, 3.63) is 92.2 Å². The van der Waals surface area contributed by atoms with Gasteiger partial charge in [-0.1, -0.05) is 59.6 Å². The molecule has 0 fully saturated rings. The van der Waals surface area contributed by atoms with Gasteiger partial charge in [-0.05, 0) is 43.0 Å². The Labute approximate surface area is 185 Å². The molecule has 1 heterocycles. The van der Waals surface area contributed by atoms with Gasteiger partial charge in [-0.2, -0.15) is 0 Å². The lowest BCUT2D eigenvalue weighted by Gasteiger charge is -2.34. The van der Waals surface area contributed by atoms with Crippen LogP contribution in [0.4, 0.5) is 0 Å². The van der Waals surface area contributed by atoms with Crippen molar-refractivity contribution in [1.82, 2.24) is 5.32 Å². The van der Waals surface area contributed by atoms with Crippen LogP contribution in [0.25, 0.3) is 0 Å². The fourth-order valence-corrected chi connectivity index (χ4v) is 4.62. The summed E-state index contributed by atoms with van der Waals surface area (Å²) in [5.41, 5.74) is 4.11. The highest BCUT2D eigenvalue weighted by atomic mass is 35.5. The van der Waals surface area contributed by atoms with Gasteiger partial charge in [-0.15, -0.1) is 0 Å². The molecule has 0 saturated heterocycles. The van der Waals surface area contributed by atoms with Gasteiger partial charge in [0, 0.05) is 39.4 Å². The summed E-state index contributed by atoms with van der Waals surface area (Å²) in [5.74, 6) is -1.02. The minimum absolute atomic E-state index is 0.0284. The van der Waals surface area contributed by atoms with Crippen LogP contribution in [-0.4, -0.2) is 11.8 Å². The van der Waals surface area contributed by atoms with E-state index in [0.717, 1.165) is 24.1 Å². The van der Waals surface area contributed by atoms with Crippen LogP contribution in [0.3, 0.4) is 0 Å². The third-order valence-electron chi connectivity index (χ3n) is 5.48. The smallest absolute Gasteiger partial charge is 0.337 e. The monoisotopic (exact) mass is 441 g/mol. The van der Waals surface area contributed by atoms with Gasteiger partial charge in [0.25, 0.3) is 0 Å². The first-order valence-corrected chi connectivity index (χ1v) is 10.6. The first-order chi connectivity index (χ1) is 14.5. The molecule has 2 aliphatic rings. The fraction of sp³-hybridized carbons (Fsp3) is 0.250. The van der Waals surface area contributed by atoms with E-state index in [1.165, 1.54) is 0 Å². The molecule has 1 aliphatic carbocycles. The van der Waals surface area contributed by atoms with Crippen molar-refractivity contribution in [3.8, 4) is 0 Å². The molecule has 1 atom stereocenters. The number of hydrogen-bond donors (Lipinski definition) is 1. The Bertz CT molecular complexity index is 1070. The maximum atomic E-state index is 13.2. The van der Waals surface area contributed by atoms with E-state index in [1.54, 1.807) is 18.2 Å². The second-order valence-corrected chi connectivity index (χ2v) is 8.34. The summed E-state index contributed by atoms with van der Waals surface area (Å²) in [7, 11) is 0. The summed E-state index contributed by atoms with van der Waals surface area (Å²) in [6.45, 7) is 1.98. The van der Waals surface area contributed by atoms with Crippen LogP contribution in [0.2, 0.25) is 10.0 Å². The maximum absolute atomic E-state index is 13.2. The van der Waals surface area contributed by atoms with Gasteiger partial charge in [-0.3, -0.25) is 4.79 Å². The first-order valence-electron chi connectivity index (χ1n) is 9.85. The molecule has 2 aromatic rings. The minimum Gasteiger partial charge on any atom is -0.457 e. The number of allylic oxidation sites excluding steroid dienone is 3. The molecule has 4 rings (SSSR count). The van der Waals surface area contributed by atoms with E-state index in [-0.39, 0.29) is 12.4 Å². The zero-order chi connectivity index (χ0) is 21.3. The van der Waals surface area contributed by atoms with E-state index in [9.17, 15) is 9.59 Å². The second-order valence-electron chi connectivity index (χ2n) is 7.49. The molecule has 0 bridgehead atoms. The molecule has 0 amide bonds. The normalized spacial score (nSPS) is 18.8. The summed E-state index contributed by atoms with van der Waals surface area (Å²) in [6.07, 6.45) is 1.99. The maximum Gasteiger partial charge on any atom is 0.337 e. The molecule has 0 radical (unpaired) electrons. The largest absolute Gasteiger partial charge is 0.457 e. The Morgan fingerprint density at radius 2 is 1.90 bits per heavy atom. The molecule has 6 heteroatoms. The third kappa shape index (κ3) is 4.03. The predicted molar refractivity (Wildman–Crippen MR) is 117 cm³/mol. The molecule has 4 nitrogen and oxygen atoms in total. The van der Waals surface area contributed by atoms with Gasteiger partial charge in [0.05, 0.1) is 5.57 Å². The minimum atomic E-state index is -0.581. The van der Waals surface area contributed by atoms with Crippen molar-refractivity contribution in [2.24, 2.45) is 0 Å². The van der Waals surface area contributed by atoms with Gasteiger partial charge < -0.3 is 10.1 Å². The highest BCUT2D eigenvalue weighted by Gasteiger charge is 2.39. The molecular weight excluding hydrogens is 421 g/mol. The Kier molecular flexibility index (Phi) is 5.98. The second kappa shape index (κ2) is 8.66. The van der Waals surface area contributed by atoms with E-state index in [0.29, 0.717) is 38.9 Å². The predicted octanol–water partition coefficient (Wildman–Crippen LogP) is 5.70. The number of rotatable bonds is 4. The number of halogens is 2. The molecule has 1 aliphatic heterocycles. The highest BCUT2D eigenvalue weighted by Crippen LogP contribution is 2.45. The fourth-order valence-electron chi connectivity index (χ4n) is 4.10. The van der Waals surface area contributed by atoms with Crippen LogP contribution < -0.4 is 5.32 Å². The van der Waals surface area contributed by atoms with Crippen LogP contribution in [0.1, 0.15) is 43.2 Å². The standard InChI is InChI=1S/C24H21Cl2NO3/c1-14-21(24(29)30-13-15-6-3-2-4-7-15)22(17-11-10-16(25)12-18(17)26)23-19(27-14)8-5-9-20(23)28/h2-4,6-7,10-12,22,27H,5,8-9,13H2,1H3/t22-/m1/s1. The summed E-state index contributed by atoms with van der Waals surface area (Å²) in [6, 6.07) is 14.6. The molecule has 154 valence electrons. The van der Waals surface area contributed by atoms with Gasteiger partial charge in [0.15, 0.2) is 5.78 Å². The van der Waals surface area contributed by atoms with E-state index >= 15 is 0 Å². The summed E-state index contributed by atoms with van der Waals surface area (Å²) in [4.78, 5) is 26.1. The van der Waals surface area contributed by atoms with Gasteiger partial charge in [-0.25, -0.2) is 4.79 Å². The van der Waals surface area contributed by atoms with Gasteiger partial charge in [0.2, 0.25) is 0 Å². The van der Waals surface area contributed by atoms with E-state index < -0.39 is 11.9 Å². The number of hydrogen-bond acceptors (Lipinski definition) is 4. The van der Waals surface area contributed by atoms with Crippen molar-refractivity contribution in [2.45, 2.75) is 38.7 Å². The number of ether oxygens (including phenoxy) is 1. The van der Waals surface area contributed by atoms with Crippen molar-refractivity contribution >= 4 is 35.0 Å². The quantitative estimate of drug-likeness (QED) is 0.617. The zero-order valence-corrected chi connectivity index (χ0v) is 18.0. The van der Waals surface area contributed by atoms with Gasteiger partial charge >= 0.3 is 5.97 Å². The summed E-state index contributed by atoms with van der Waals surface area (Å²) >= 11 is 12.6. The van der Waals surface area contributed by atoms with Crippen molar-refractivity contribution in [2.75, 3.05) is 0 Å². The number of benzene rings is 2. The van der Waals surface area contributed by atoms with E-state index in [2.05, 4.69) is 5.32 Å². The molecule has 1 N–H and O–H groups in total.